The van der Waals surface area contributed by atoms with E-state index >= 15 is 0 Å². The van der Waals surface area contributed by atoms with Crippen LogP contribution in [0.25, 0.3) is 0 Å². The van der Waals surface area contributed by atoms with Crippen molar-refractivity contribution < 1.29 is 4.74 Å². The number of hydrogen-bond donors (Lipinski definition) is 2. The summed E-state index contributed by atoms with van der Waals surface area (Å²) in [5.74, 6) is 2.49. The van der Waals surface area contributed by atoms with Gasteiger partial charge in [-0.25, -0.2) is 0 Å². The minimum atomic E-state index is 0.157. The summed E-state index contributed by atoms with van der Waals surface area (Å²) in [6, 6.07) is 9.07. The van der Waals surface area contributed by atoms with Crippen LogP contribution in [-0.4, -0.2) is 46.5 Å². The molecule has 31 heavy (non-hydrogen) atoms. The van der Waals surface area contributed by atoms with Crippen molar-refractivity contribution >= 4 is 5.96 Å². The Hall–Kier alpha value is -2.41. The van der Waals surface area contributed by atoms with Gasteiger partial charge in [0.05, 0.1) is 18.7 Å². The Morgan fingerprint density at radius 3 is 2.74 bits per heavy atom. The van der Waals surface area contributed by atoms with Crippen LogP contribution in [0.15, 0.2) is 35.6 Å². The van der Waals surface area contributed by atoms with Crippen LogP contribution in [0.5, 0.6) is 0 Å². The van der Waals surface area contributed by atoms with E-state index in [4.69, 9.17) is 9.73 Å². The highest BCUT2D eigenvalue weighted by molar-refractivity contribution is 5.80. The number of hydrogen-bond acceptors (Lipinski definition) is 4. The van der Waals surface area contributed by atoms with E-state index in [-0.39, 0.29) is 12.1 Å². The molecule has 7 nitrogen and oxygen atoms in total. The van der Waals surface area contributed by atoms with E-state index in [1.165, 1.54) is 11.1 Å². The van der Waals surface area contributed by atoms with E-state index in [0.29, 0.717) is 12.5 Å². The first-order chi connectivity index (χ1) is 15.0. The highest BCUT2D eigenvalue weighted by atomic mass is 16.5. The third kappa shape index (κ3) is 7.35. The van der Waals surface area contributed by atoms with Crippen LogP contribution in [0.1, 0.15) is 63.5 Å². The lowest BCUT2D eigenvalue weighted by Crippen LogP contribution is -2.40. The first kappa shape index (κ1) is 23.3. The number of benzene rings is 1. The summed E-state index contributed by atoms with van der Waals surface area (Å²) in [5.41, 5.74) is 2.64. The number of guanidine groups is 1. The lowest BCUT2D eigenvalue weighted by Gasteiger charge is -2.20. The Morgan fingerprint density at radius 1 is 1.26 bits per heavy atom. The Labute approximate surface area is 186 Å². The topological polar surface area (TPSA) is 76.4 Å². The Balaban J connectivity index is 1.60. The Kier molecular flexibility index (Phi) is 8.88. The molecule has 0 radical (unpaired) electrons. The molecule has 2 heterocycles. The van der Waals surface area contributed by atoms with Crippen LogP contribution >= 0.6 is 0 Å². The van der Waals surface area contributed by atoms with Gasteiger partial charge in [0.15, 0.2) is 5.96 Å². The molecule has 0 amide bonds. The van der Waals surface area contributed by atoms with E-state index in [2.05, 4.69) is 77.4 Å². The lowest BCUT2D eigenvalue weighted by atomic mass is 10.00. The molecule has 1 aromatic heterocycles. The zero-order chi connectivity index (χ0) is 22.1. The molecule has 0 saturated carbocycles. The second-order valence-corrected chi connectivity index (χ2v) is 8.75. The predicted molar refractivity (Wildman–Crippen MR) is 125 cm³/mol. The minimum absolute atomic E-state index is 0.157. The van der Waals surface area contributed by atoms with Crippen molar-refractivity contribution in [3.63, 3.8) is 0 Å². The van der Waals surface area contributed by atoms with E-state index in [1.807, 2.05) is 0 Å². The largest absolute Gasteiger partial charge is 0.376 e. The molecule has 0 bridgehead atoms. The summed E-state index contributed by atoms with van der Waals surface area (Å²) in [6.07, 6.45) is 6.22. The maximum absolute atomic E-state index is 5.75. The van der Waals surface area contributed by atoms with E-state index in [1.54, 1.807) is 6.33 Å². The molecule has 3 rings (SSSR count). The molecule has 2 unspecified atom stereocenters. The fourth-order valence-electron chi connectivity index (χ4n) is 3.87. The van der Waals surface area contributed by atoms with Crippen molar-refractivity contribution in [1.82, 2.24) is 25.4 Å². The molecule has 1 aliphatic rings. The average molecular weight is 427 g/mol. The number of aryl methyl sites for hydroxylation is 1. The van der Waals surface area contributed by atoms with E-state index in [9.17, 15) is 0 Å². The highest BCUT2D eigenvalue weighted by Crippen LogP contribution is 2.16. The van der Waals surface area contributed by atoms with Gasteiger partial charge in [0.1, 0.15) is 12.2 Å². The summed E-state index contributed by atoms with van der Waals surface area (Å²) in [7, 11) is 0. The molecule has 1 fully saturated rings. The van der Waals surface area contributed by atoms with Crippen molar-refractivity contribution in [3.05, 3.63) is 47.5 Å². The van der Waals surface area contributed by atoms with Crippen molar-refractivity contribution in [2.24, 2.45) is 10.9 Å². The maximum Gasteiger partial charge on any atom is 0.191 e. The van der Waals surface area contributed by atoms with Gasteiger partial charge in [0.25, 0.3) is 0 Å². The van der Waals surface area contributed by atoms with Gasteiger partial charge < -0.3 is 19.9 Å². The third-order valence-corrected chi connectivity index (χ3v) is 5.61. The molecule has 2 N–H and O–H groups in total. The molecule has 7 heteroatoms. The summed E-state index contributed by atoms with van der Waals surface area (Å²) < 4.78 is 7.83. The van der Waals surface area contributed by atoms with Crippen LogP contribution in [0.2, 0.25) is 0 Å². The Morgan fingerprint density at radius 2 is 2.06 bits per heavy atom. The van der Waals surface area contributed by atoms with Gasteiger partial charge in [-0.2, -0.15) is 0 Å². The summed E-state index contributed by atoms with van der Waals surface area (Å²) in [5, 5.41) is 15.2. The first-order valence-corrected chi connectivity index (χ1v) is 11.7. The molecule has 0 aliphatic carbocycles. The van der Waals surface area contributed by atoms with Crippen molar-refractivity contribution in [1.29, 1.82) is 0 Å². The van der Waals surface area contributed by atoms with Crippen molar-refractivity contribution in [3.8, 4) is 0 Å². The fraction of sp³-hybridized carbons (Fsp3) is 0.625. The number of aliphatic imine (C=N–C) groups is 1. The smallest absolute Gasteiger partial charge is 0.191 e. The van der Waals surface area contributed by atoms with Crippen LogP contribution in [0.4, 0.5) is 0 Å². The number of nitrogens with one attached hydrogen (secondary N) is 2. The molecule has 170 valence electrons. The van der Waals surface area contributed by atoms with Crippen LogP contribution in [-0.2, 0) is 24.1 Å². The summed E-state index contributed by atoms with van der Waals surface area (Å²) in [6.45, 7) is 11.9. The van der Waals surface area contributed by atoms with Crippen LogP contribution < -0.4 is 10.6 Å². The molecule has 1 saturated heterocycles. The van der Waals surface area contributed by atoms with Crippen LogP contribution in [0.3, 0.4) is 0 Å². The minimum Gasteiger partial charge on any atom is -0.376 e. The molecule has 2 aromatic rings. The van der Waals surface area contributed by atoms with Gasteiger partial charge >= 0.3 is 0 Å². The van der Waals surface area contributed by atoms with Gasteiger partial charge in [0.2, 0.25) is 0 Å². The third-order valence-electron chi connectivity index (χ3n) is 5.61. The zero-order valence-electron chi connectivity index (χ0n) is 19.5. The second-order valence-electron chi connectivity index (χ2n) is 8.75. The molecule has 2 atom stereocenters. The van der Waals surface area contributed by atoms with Crippen LogP contribution in [0, 0.1) is 5.92 Å². The quantitative estimate of drug-likeness (QED) is 0.449. The first-order valence-electron chi connectivity index (χ1n) is 11.7. The second kappa shape index (κ2) is 11.8. The van der Waals surface area contributed by atoms with Gasteiger partial charge in [-0.1, -0.05) is 45.0 Å². The van der Waals surface area contributed by atoms with Gasteiger partial charge in [-0.05, 0) is 43.2 Å². The van der Waals surface area contributed by atoms with Crippen molar-refractivity contribution in [2.75, 3.05) is 19.7 Å². The predicted octanol–water partition coefficient (Wildman–Crippen LogP) is 3.51. The van der Waals surface area contributed by atoms with E-state index < -0.39 is 0 Å². The number of nitrogens with zero attached hydrogens (tertiary/aromatic N) is 4. The molecular formula is C24H38N6O. The van der Waals surface area contributed by atoms with Gasteiger partial charge in [-0.15, -0.1) is 10.2 Å². The molecule has 0 spiro atoms. The zero-order valence-corrected chi connectivity index (χ0v) is 19.5. The number of ether oxygens (including phenoxy) is 1. The fourth-order valence-corrected chi connectivity index (χ4v) is 3.87. The monoisotopic (exact) mass is 426 g/mol. The summed E-state index contributed by atoms with van der Waals surface area (Å²) in [4.78, 5) is 4.82. The molecule has 1 aliphatic heterocycles. The van der Waals surface area contributed by atoms with E-state index in [0.717, 1.165) is 57.2 Å². The summed E-state index contributed by atoms with van der Waals surface area (Å²) >= 11 is 0. The maximum atomic E-state index is 5.75. The standard InChI is InChI=1S/C24H38N6O/c1-5-23-29-27-17-30(23)13-12-25-24(26-16-22-7-6-14-31-22)28-19(4)21-10-8-20(9-11-21)15-18(2)3/h8-11,17-19,22H,5-7,12-16H2,1-4H3,(H2,25,26,28). The highest BCUT2D eigenvalue weighted by Gasteiger charge is 2.16. The Bertz CT molecular complexity index is 808. The normalized spacial score (nSPS) is 17.8. The number of aromatic nitrogens is 3. The number of rotatable bonds is 10. The molecular weight excluding hydrogens is 388 g/mol. The SMILES string of the molecule is CCc1nncn1CCNC(=NCC1CCCO1)NC(C)c1ccc(CC(C)C)cc1. The average Bonchev–Trinajstić information content (AvgIpc) is 3.43. The van der Waals surface area contributed by atoms with Gasteiger partial charge in [-0.3, -0.25) is 4.99 Å². The van der Waals surface area contributed by atoms with Gasteiger partial charge in [0, 0.05) is 26.1 Å². The molecule has 1 aromatic carbocycles. The van der Waals surface area contributed by atoms with Crippen molar-refractivity contribution in [2.45, 2.75) is 72.1 Å². The lowest BCUT2D eigenvalue weighted by molar-refractivity contribution is 0.117.